The molecule has 4 rings (SSSR count). The van der Waals surface area contributed by atoms with Crippen molar-refractivity contribution < 1.29 is 18.0 Å². The molecule has 142 valence electrons. The summed E-state index contributed by atoms with van der Waals surface area (Å²) >= 11 is 0. The van der Waals surface area contributed by atoms with Crippen LogP contribution in [0.25, 0.3) is 0 Å². The zero-order valence-corrected chi connectivity index (χ0v) is 14.8. The van der Waals surface area contributed by atoms with Crippen LogP contribution in [0.3, 0.4) is 0 Å². The number of carbonyl (C=O) groups is 1. The molecule has 6 heteroatoms. The third-order valence-corrected chi connectivity index (χ3v) is 5.48. The minimum atomic E-state index is -4.37. The Hall–Kier alpha value is -2.34. The number of nitrogens with zero attached hydrogens (tertiary/aromatic N) is 1. The van der Waals surface area contributed by atoms with Gasteiger partial charge in [-0.3, -0.25) is 4.79 Å². The molecular formula is C21H21F3N2O. The number of amides is 1. The summed E-state index contributed by atoms with van der Waals surface area (Å²) < 4.78 is 38.8. The zero-order valence-electron chi connectivity index (χ0n) is 14.8. The fourth-order valence-electron chi connectivity index (χ4n) is 4.11. The minimum Gasteiger partial charge on any atom is -0.330 e. The lowest BCUT2D eigenvalue weighted by atomic mass is 9.87. The highest BCUT2D eigenvalue weighted by atomic mass is 19.4. The fourth-order valence-corrected chi connectivity index (χ4v) is 4.11. The average Bonchev–Trinajstić information content (AvgIpc) is 3.21. The van der Waals surface area contributed by atoms with Gasteiger partial charge in [0.05, 0.1) is 17.6 Å². The second-order valence-corrected chi connectivity index (χ2v) is 7.15. The number of fused-ring (bicyclic) bond motifs is 1. The first-order valence-corrected chi connectivity index (χ1v) is 9.24. The standard InChI is InChI=1S/C21H21F3N2O/c22-21(23,24)16-9-7-15(8-10-16)19-17-5-2-1-4-14(17)11-13-26(19)20(27)18-6-3-12-25-18/h1-2,4-5,7-10,18-19,25H,3,6,11-13H2/t18?,19-/m1/s1. The number of nitrogens with one attached hydrogen (secondary N) is 1. The van der Waals surface area contributed by atoms with E-state index in [-0.39, 0.29) is 18.0 Å². The van der Waals surface area contributed by atoms with E-state index in [4.69, 9.17) is 0 Å². The van der Waals surface area contributed by atoms with Gasteiger partial charge in [-0.25, -0.2) is 0 Å². The van der Waals surface area contributed by atoms with E-state index in [9.17, 15) is 18.0 Å². The van der Waals surface area contributed by atoms with Crippen molar-refractivity contribution in [1.82, 2.24) is 10.2 Å². The summed E-state index contributed by atoms with van der Waals surface area (Å²) in [6.07, 6.45) is -1.85. The van der Waals surface area contributed by atoms with Crippen molar-refractivity contribution in [1.29, 1.82) is 0 Å². The number of halogens is 3. The third-order valence-electron chi connectivity index (χ3n) is 5.48. The summed E-state index contributed by atoms with van der Waals surface area (Å²) in [5, 5.41) is 3.24. The number of hydrogen-bond acceptors (Lipinski definition) is 2. The predicted octanol–water partition coefficient (Wildman–Crippen LogP) is 3.93. The Morgan fingerprint density at radius 1 is 1.07 bits per heavy atom. The van der Waals surface area contributed by atoms with Gasteiger partial charge < -0.3 is 10.2 Å². The van der Waals surface area contributed by atoms with Crippen LogP contribution < -0.4 is 5.32 Å². The quantitative estimate of drug-likeness (QED) is 0.864. The van der Waals surface area contributed by atoms with E-state index in [1.165, 1.54) is 12.1 Å². The van der Waals surface area contributed by atoms with Crippen molar-refractivity contribution in [3.8, 4) is 0 Å². The molecule has 2 aromatic rings. The molecule has 2 aromatic carbocycles. The number of hydrogen-bond donors (Lipinski definition) is 1. The Labute approximate surface area is 156 Å². The van der Waals surface area contributed by atoms with Crippen molar-refractivity contribution in [3.63, 3.8) is 0 Å². The van der Waals surface area contributed by atoms with Crippen LogP contribution in [0.5, 0.6) is 0 Å². The Morgan fingerprint density at radius 3 is 2.48 bits per heavy atom. The molecule has 1 fully saturated rings. The minimum absolute atomic E-state index is 0.0342. The zero-order chi connectivity index (χ0) is 19.0. The molecule has 2 aliphatic rings. The normalized spacial score (nSPS) is 22.6. The number of rotatable bonds is 2. The molecule has 0 saturated carbocycles. The van der Waals surface area contributed by atoms with Crippen LogP contribution in [0.1, 0.15) is 41.1 Å². The lowest BCUT2D eigenvalue weighted by Gasteiger charge is -2.39. The van der Waals surface area contributed by atoms with Crippen LogP contribution in [0.2, 0.25) is 0 Å². The van der Waals surface area contributed by atoms with Crippen LogP contribution in [-0.2, 0) is 17.4 Å². The van der Waals surface area contributed by atoms with E-state index in [1.807, 2.05) is 29.2 Å². The van der Waals surface area contributed by atoms with Gasteiger partial charge in [-0.05, 0) is 54.6 Å². The third kappa shape index (κ3) is 3.46. The van der Waals surface area contributed by atoms with Gasteiger partial charge in [0.25, 0.3) is 0 Å². The van der Waals surface area contributed by atoms with Gasteiger partial charge in [0.15, 0.2) is 0 Å². The SMILES string of the molecule is O=C(C1CCCN1)N1CCc2ccccc2[C@H]1c1ccc(C(F)(F)F)cc1. The summed E-state index contributed by atoms with van der Waals surface area (Å²) in [5.74, 6) is 0.0342. The van der Waals surface area contributed by atoms with E-state index < -0.39 is 11.7 Å². The van der Waals surface area contributed by atoms with Crippen LogP contribution >= 0.6 is 0 Å². The molecule has 1 amide bonds. The first kappa shape index (κ1) is 18.0. The largest absolute Gasteiger partial charge is 0.416 e. The van der Waals surface area contributed by atoms with E-state index >= 15 is 0 Å². The van der Waals surface area contributed by atoms with Crippen LogP contribution in [0, 0.1) is 0 Å². The van der Waals surface area contributed by atoms with E-state index in [0.29, 0.717) is 12.1 Å². The second kappa shape index (κ2) is 7.00. The highest BCUT2D eigenvalue weighted by molar-refractivity contribution is 5.83. The number of benzene rings is 2. The lowest BCUT2D eigenvalue weighted by molar-refractivity contribution is -0.138. The average molecular weight is 374 g/mol. The second-order valence-electron chi connectivity index (χ2n) is 7.15. The molecule has 1 saturated heterocycles. The summed E-state index contributed by atoms with van der Waals surface area (Å²) in [7, 11) is 0. The lowest BCUT2D eigenvalue weighted by Crippen LogP contribution is -2.48. The molecule has 2 aliphatic heterocycles. The van der Waals surface area contributed by atoms with E-state index in [2.05, 4.69) is 5.32 Å². The van der Waals surface area contributed by atoms with Crippen LogP contribution in [0.4, 0.5) is 13.2 Å². The molecule has 3 nitrogen and oxygen atoms in total. The fraction of sp³-hybridized carbons (Fsp3) is 0.381. The maximum absolute atomic E-state index is 13.1. The molecule has 0 spiro atoms. The summed E-state index contributed by atoms with van der Waals surface area (Å²) in [6, 6.07) is 12.5. The van der Waals surface area contributed by atoms with Crippen molar-refractivity contribution >= 4 is 5.91 Å². The predicted molar refractivity (Wildman–Crippen MR) is 96.2 cm³/mol. The molecule has 1 unspecified atom stereocenters. The number of alkyl halides is 3. The molecule has 2 atom stereocenters. The summed E-state index contributed by atoms with van der Waals surface area (Å²) in [5.41, 5.74) is 2.17. The first-order chi connectivity index (χ1) is 12.9. The molecule has 27 heavy (non-hydrogen) atoms. The van der Waals surface area contributed by atoms with Crippen molar-refractivity contribution in [2.45, 2.75) is 37.5 Å². The molecule has 0 radical (unpaired) electrons. The number of carbonyl (C=O) groups excluding carboxylic acids is 1. The highest BCUT2D eigenvalue weighted by Gasteiger charge is 2.36. The van der Waals surface area contributed by atoms with Gasteiger partial charge >= 0.3 is 6.18 Å². The van der Waals surface area contributed by atoms with E-state index in [0.717, 1.165) is 49.1 Å². The van der Waals surface area contributed by atoms with E-state index in [1.54, 1.807) is 0 Å². The maximum Gasteiger partial charge on any atom is 0.416 e. The molecule has 0 aliphatic carbocycles. The van der Waals surface area contributed by atoms with Gasteiger partial charge in [0, 0.05) is 6.54 Å². The van der Waals surface area contributed by atoms with Crippen LogP contribution in [0.15, 0.2) is 48.5 Å². The Morgan fingerprint density at radius 2 is 1.81 bits per heavy atom. The van der Waals surface area contributed by atoms with Gasteiger partial charge in [0.2, 0.25) is 5.91 Å². The molecule has 1 N–H and O–H groups in total. The Bertz CT molecular complexity index is 826. The van der Waals surface area contributed by atoms with Crippen molar-refractivity contribution in [2.75, 3.05) is 13.1 Å². The smallest absolute Gasteiger partial charge is 0.330 e. The Balaban J connectivity index is 1.73. The van der Waals surface area contributed by atoms with Gasteiger partial charge in [-0.1, -0.05) is 36.4 Å². The molecular weight excluding hydrogens is 353 g/mol. The molecule has 2 heterocycles. The monoisotopic (exact) mass is 374 g/mol. The molecule has 0 aromatic heterocycles. The highest BCUT2D eigenvalue weighted by Crippen LogP contribution is 2.37. The van der Waals surface area contributed by atoms with Crippen molar-refractivity contribution in [3.05, 3.63) is 70.8 Å². The molecule has 0 bridgehead atoms. The summed E-state index contributed by atoms with van der Waals surface area (Å²) in [4.78, 5) is 14.9. The topological polar surface area (TPSA) is 32.3 Å². The van der Waals surface area contributed by atoms with Crippen molar-refractivity contribution in [2.24, 2.45) is 0 Å². The first-order valence-electron chi connectivity index (χ1n) is 9.24. The van der Waals surface area contributed by atoms with Gasteiger partial charge in [-0.15, -0.1) is 0 Å². The van der Waals surface area contributed by atoms with Gasteiger partial charge in [0.1, 0.15) is 0 Å². The van der Waals surface area contributed by atoms with Gasteiger partial charge in [-0.2, -0.15) is 13.2 Å². The summed E-state index contributed by atoms with van der Waals surface area (Å²) in [6.45, 7) is 1.39. The Kier molecular flexibility index (Phi) is 4.68. The van der Waals surface area contributed by atoms with Crippen LogP contribution in [-0.4, -0.2) is 29.9 Å². The maximum atomic E-state index is 13.1.